The largest absolute Gasteiger partial charge is 0.480 e. The van der Waals surface area contributed by atoms with Crippen molar-refractivity contribution in [3.63, 3.8) is 0 Å². The Balaban J connectivity index is 1.31. The van der Waals surface area contributed by atoms with Crippen molar-refractivity contribution in [1.82, 2.24) is 14.7 Å². The molecule has 2 aliphatic rings. The van der Waals surface area contributed by atoms with Crippen LogP contribution in [0.25, 0.3) is 11.1 Å². The Bertz CT molecular complexity index is 1270. The number of aromatic nitrogens is 2. The van der Waals surface area contributed by atoms with Gasteiger partial charge in [-0.05, 0) is 22.3 Å². The number of aliphatic hydroxyl groups is 1. The summed E-state index contributed by atoms with van der Waals surface area (Å²) in [6.45, 7) is -0.0184. The van der Waals surface area contributed by atoms with Gasteiger partial charge in [0.2, 0.25) is 0 Å². The van der Waals surface area contributed by atoms with Gasteiger partial charge in [-0.25, -0.2) is 9.59 Å². The third kappa shape index (κ3) is 4.01. The SMILES string of the molecule is Cn1ncc(C(=O)N2CC(O)CC2C(=O)O)c1NC(=O)OCC1c2ccccc2-c2ccccc21. The summed E-state index contributed by atoms with van der Waals surface area (Å²) in [6.07, 6.45) is -0.502. The number of aliphatic carboxylic acids is 1. The third-order valence-corrected chi connectivity index (χ3v) is 6.56. The molecule has 1 aliphatic heterocycles. The number of carboxylic acid groups (broad SMARTS) is 1. The minimum absolute atomic E-state index is 0.0151. The van der Waals surface area contributed by atoms with E-state index in [1.165, 1.54) is 10.9 Å². The van der Waals surface area contributed by atoms with E-state index in [4.69, 9.17) is 4.74 Å². The summed E-state index contributed by atoms with van der Waals surface area (Å²) in [5.41, 5.74) is 4.38. The van der Waals surface area contributed by atoms with Crippen molar-refractivity contribution >= 4 is 23.8 Å². The molecule has 2 heterocycles. The maximum absolute atomic E-state index is 13.1. The summed E-state index contributed by atoms with van der Waals surface area (Å²) in [5, 5.41) is 25.9. The molecule has 3 N–H and O–H groups in total. The number of carboxylic acids is 1. The molecular weight excluding hydrogens is 452 g/mol. The predicted octanol–water partition coefficient (Wildman–Crippen LogP) is 2.44. The van der Waals surface area contributed by atoms with Crippen LogP contribution in [0.15, 0.2) is 54.7 Å². The van der Waals surface area contributed by atoms with Crippen molar-refractivity contribution < 1.29 is 29.3 Å². The molecular formula is C25H24N4O6. The summed E-state index contributed by atoms with van der Waals surface area (Å²) >= 11 is 0. The molecule has 0 saturated carbocycles. The highest BCUT2D eigenvalue weighted by atomic mass is 16.5. The molecule has 2 atom stereocenters. The Kier molecular flexibility index (Phi) is 5.73. The first kappa shape index (κ1) is 22.6. The van der Waals surface area contributed by atoms with Crippen molar-refractivity contribution in [2.45, 2.75) is 24.5 Å². The van der Waals surface area contributed by atoms with Crippen LogP contribution >= 0.6 is 0 Å². The van der Waals surface area contributed by atoms with Crippen molar-refractivity contribution in [2.75, 3.05) is 18.5 Å². The Morgan fingerprint density at radius 3 is 2.34 bits per heavy atom. The van der Waals surface area contributed by atoms with E-state index in [0.29, 0.717) is 0 Å². The average molecular weight is 476 g/mol. The summed E-state index contributed by atoms with van der Waals surface area (Å²) in [6, 6.07) is 14.8. The fourth-order valence-corrected chi connectivity index (χ4v) is 4.90. The number of amides is 2. The van der Waals surface area contributed by atoms with Crippen LogP contribution < -0.4 is 5.32 Å². The molecule has 3 aromatic rings. The van der Waals surface area contributed by atoms with Crippen molar-refractivity contribution in [2.24, 2.45) is 7.05 Å². The van der Waals surface area contributed by atoms with Crippen LogP contribution in [0.5, 0.6) is 0 Å². The number of carbonyl (C=O) groups is 3. The number of β-amino-alcohol motifs (C(OH)–C–C–N with tert-alkyl or cyclic N) is 1. The molecule has 1 aromatic heterocycles. The second-order valence-electron chi connectivity index (χ2n) is 8.68. The Hall–Kier alpha value is -4.18. The highest BCUT2D eigenvalue weighted by Crippen LogP contribution is 2.44. The fourth-order valence-electron chi connectivity index (χ4n) is 4.90. The average Bonchev–Trinajstić information content (AvgIpc) is 3.51. The number of rotatable bonds is 5. The lowest BCUT2D eigenvalue weighted by atomic mass is 9.98. The van der Waals surface area contributed by atoms with E-state index < -0.39 is 30.1 Å². The first-order valence-corrected chi connectivity index (χ1v) is 11.2. The summed E-state index contributed by atoms with van der Waals surface area (Å²) < 4.78 is 6.86. The van der Waals surface area contributed by atoms with Gasteiger partial charge in [0, 0.05) is 25.9 Å². The van der Waals surface area contributed by atoms with Crippen LogP contribution in [-0.2, 0) is 16.6 Å². The van der Waals surface area contributed by atoms with Gasteiger partial charge in [0.15, 0.2) is 0 Å². The molecule has 180 valence electrons. The standard InChI is InChI=1S/C25H24N4O6/c1-28-22(19(11-26-28)23(31)29-12-14(30)10-21(29)24(32)33)27-25(34)35-13-20-17-8-4-2-6-15(17)16-7-3-5-9-18(16)20/h2-9,11,14,20-21,30H,10,12-13H2,1H3,(H,27,34)(H,32,33). The topological polar surface area (TPSA) is 134 Å². The van der Waals surface area contributed by atoms with E-state index in [9.17, 15) is 24.6 Å². The second kappa shape index (κ2) is 8.88. The number of aryl methyl sites for hydroxylation is 1. The smallest absolute Gasteiger partial charge is 0.412 e. The monoisotopic (exact) mass is 476 g/mol. The number of hydrogen-bond donors (Lipinski definition) is 3. The molecule has 2 amide bonds. The van der Waals surface area contributed by atoms with Gasteiger partial charge in [0.1, 0.15) is 24.0 Å². The number of hydrogen-bond acceptors (Lipinski definition) is 6. The summed E-state index contributed by atoms with van der Waals surface area (Å²) in [4.78, 5) is 38.4. The molecule has 2 aromatic carbocycles. The molecule has 0 spiro atoms. The number of likely N-dealkylation sites (tertiary alicyclic amines) is 1. The zero-order chi connectivity index (χ0) is 24.7. The fraction of sp³-hybridized carbons (Fsp3) is 0.280. The summed E-state index contributed by atoms with van der Waals surface area (Å²) in [5.74, 6) is -1.89. The van der Waals surface area contributed by atoms with Crippen LogP contribution in [-0.4, -0.2) is 68.2 Å². The quantitative estimate of drug-likeness (QED) is 0.515. The Labute approximate surface area is 200 Å². The number of benzene rings is 2. The molecule has 1 saturated heterocycles. The van der Waals surface area contributed by atoms with E-state index in [-0.39, 0.29) is 36.9 Å². The maximum atomic E-state index is 13.1. The van der Waals surface area contributed by atoms with Crippen molar-refractivity contribution in [1.29, 1.82) is 0 Å². The highest BCUT2D eigenvalue weighted by Gasteiger charge is 2.40. The molecule has 35 heavy (non-hydrogen) atoms. The predicted molar refractivity (Wildman–Crippen MR) is 125 cm³/mol. The lowest BCUT2D eigenvalue weighted by molar-refractivity contribution is -0.141. The first-order valence-electron chi connectivity index (χ1n) is 11.2. The molecule has 10 nitrogen and oxygen atoms in total. The van der Waals surface area contributed by atoms with E-state index in [0.717, 1.165) is 27.2 Å². The molecule has 1 fully saturated rings. The van der Waals surface area contributed by atoms with Gasteiger partial charge in [-0.2, -0.15) is 5.10 Å². The van der Waals surface area contributed by atoms with Crippen molar-refractivity contribution in [3.05, 3.63) is 71.4 Å². The van der Waals surface area contributed by atoms with E-state index in [2.05, 4.69) is 10.4 Å². The lowest BCUT2D eigenvalue weighted by Gasteiger charge is -2.21. The molecule has 10 heteroatoms. The van der Waals surface area contributed by atoms with Crippen LogP contribution in [0.1, 0.15) is 33.8 Å². The van der Waals surface area contributed by atoms with Gasteiger partial charge in [-0.1, -0.05) is 48.5 Å². The molecule has 2 unspecified atom stereocenters. The van der Waals surface area contributed by atoms with Crippen molar-refractivity contribution in [3.8, 4) is 11.1 Å². The molecule has 5 rings (SSSR count). The number of nitrogens with zero attached hydrogens (tertiary/aromatic N) is 3. The van der Waals surface area contributed by atoms with Gasteiger partial charge in [-0.15, -0.1) is 0 Å². The maximum Gasteiger partial charge on any atom is 0.412 e. The van der Waals surface area contributed by atoms with Crippen LogP contribution in [0.2, 0.25) is 0 Å². The van der Waals surface area contributed by atoms with E-state index >= 15 is 0 Å². The Morgan fingerprint density at radius 1 is 1.09 bits per heavy atom. The molecule has 0 radical (unpaired) electrons. The van der Waals surface area contributed by atoms with Crippen LogP contribution in [0.4, 0.5) is 10.6 Å². The van der Waals surface area contributed by atoms with Gasteiger partial charge in [0.25, 0.3) is 5.91 Å². The zero-order valence-corrected chi connectivity index (χ0v) is 18.9. The van der Waals surface area contributed by atoms with Crippen LogP contribution in [0, 0.1) is 0 Å². The van der Waals surface area contributed by atoms with E-state index in [1.54, 1.807) is 7.05 Å². The Morgan fingerprint density at radius 2 is 1.71 bits per heavy atom. The zero-order valence-electron chi connectivity index (χ0n) is 18.9. The summed E-state index contributed by atoms with van der Waals surface area (Å²) in [7, 11) is 1.55. The number of nitrogens with one attached hydrogen (secondary N) is 1. The van der Waals surface area contributed by atoms with E-state index in [1.807, 2.05) is 48.5 Å². The van der Waals surface area contributed by atoms with Gasteiger partial charge < -0.3 is 19.8 Å². The third-order valence-electron chi connectivity index (χ3n) is 6.56. The second-order valence-corrected chi connectivity index (χ2v) is 8.68. The normalized spacial score (nSPS) is 18.7. The number of ether oxygens (including phenoxy) is 1. The molecule has 0 bridgehead atoms. The molecule has 1 aliphatic carbocycles. The highest BCUT2D eigenvalue weighted by molar-refractivity contribution is 6.03. The number of fused-ring (bicyclic) bond motifs is 3. The van der Waals surface area contributed by atoms with Gasteiger partial charge in [0.05, 0.1) is 12.3 Å². The number of aliphatic hydroxyl groups excluding tert-OH is 1. The minimum atomic E-state index is -1.20. The van der Waals surface area contributed by atoms with Crippen LogP contribution in [0.3, 0.4) is 0 Å². The lowest BCUT2D eigenvalue weighted by Crippen LogP contribution is -2.40. The van der Waals surface area contributed by atoms with Gasteiger partial charge >= 0.3 is 12.1 Å². The number of anilines is 1. The first-order chi connectivity index (χ1) is 16.8. The minimum Gasteiger partial charge on any atom is -0.480 e. The number of carbonyl (C=O) groups excluding carboxylic acids is 2. The van der Waals surface area contributed by atoms with Gasteiger partial charge in [-0.3, -0.25) is 14.8 Å².